The van der Waals surface area contributed by atoms with Crippen LogP contribution in [0.4, 0.5) is 8.78 Å². The first-order chi connectivity index (χ1) is 9.52. The predicted octanol–water partition coefficient (Wildman–Crippen LogP) is 3.28. The zero-order valence-electron chi connectivity index (χ0n) is 10.5. The lowest BCUT2D eigenvalue weighted by Gasteiger charge is -2.07. The summed E-state index contributed by atoms with van der Waals surface area (Å²) in [7, 11) is 1.48. The van der Waals surface area contributed by atoms with E-state index in [1.807, 2.05) is 0 Å². The van der Waals surface area contributed by atoms with Crippen LogP contribution >= 0.6 is 15.9 Å². The standard InChI is InChI=1S/C13H11BrF2N2O2/c1-20-6-9-10(14)13(19)18-12(17-9)8-4-2-3-7(5-8)11(15)16/h2-5,11H,6H2,1H3,(H,17,18,19). The monoisotopic (exact) mass is 344 g/mol. The lowest BCUT2D eigenvalue weighted by Crippen LogP contribution is -2.14. The fourth-order valence-electron chi connectivity index (χ4n) is 1.70. The highest BCUT2D eigenvalue weighted by atomic mass is 79.9. The second-order valence-electron chi connectivity index (χ2n) is 4.03. The molecule has 7 heteroatoms. The maximum Gasteiger partial charge on any atom is 0.265 e. The van der Waals surface area contributed by atoms with Crippen molar-refractivity contribution in [2.75, 3.05) is 7.11 Å². The Hall–Kier alpha value is -1.60. The smallest absolute Gasteiger partial charge is 0.265 e. The number of benzene rings is 1. The van der Waals surface area contributed by atoms with Crippen molar-refractivity contribution in [3.05, 3.63) is 50.3 Å². The minimum absolute atomic E-state index is 0.124. The molecule has 0 aliphatic carbocycles. The topological polar surface area (TPSA) is 55.0 Å². The number of hydrogen-bond donors (Lipinski definition) is 1. The summed E-state index contributed by atoms with van der Waals surface area (Å²) in [6, 6.07) is 5.72. The molecule has 1 heterocycles. The number of methoxy groups -OCH3 is 1. The van der Waals surface area contributed by atoms with E-state index in [1.54, 1.807) is 6.07 Å². The molecule has 0 bridgehead atoms. The maximum absolute atomic E-state index is 12.7. The number of rotatable bonds is 4. The molecule has 2 rings (SSSR count). The molecule has 0 aliphatic rings. The van der Waals surface area contributed by atoms with Crippen molar-refractivity contribution in [3.8, 4) is 11.4 Å². The third-order valence-electron chi connectivity index (χ3n) is 2.62. The first-order valence-electron chi connectivity index (χ1n) is 5.69. The highest BCUT2D eigenvalue weighted by Gasteiger charge is 2.12. The number of nitrogens with one attached hydrogen (secondary N) is 1. The van der Waals surface area contributed by atoms with Crippen LogP contribution in [0.3, 0.4) is 0 Å². The van der Waals surface area contributed by atoms with Gasteiger partial charge in [0.2, 0.25) is 0 Å². The van der Waals surface area contributed by atoms with Crippen LogP contribution in [-0.4, -0.2) is 17.1 Å². The molecule has 4 nitrogen and oxygen atoms in total. The van der Waals surface area contributed by atoms with Crippen LogP contribution in [0.25, 0.3) is 11.4 Å². The van der Waals surface area contributed by atoms with Gasteiger partial charge < -0.3 is 9.72 Å². The van der Waals surface area contributed by atoms with Gasteiger partial charge in [-0.2, -0.15) is 0 Å². The van der Waals surface area contributed by atoms with Gasteiger partial charge in [0, 0.05) is 18.2 Å². The van der Waals surface area contributed by atoms with Crippen LogP contribution in [0.15, 0.2) is 33.5 Å². The molecular weight excluding hydrogens is 334 g/mol. The minimum atomic E-state index is -2.57. The van der Waals surface area contributed by atoms with Gasteiger partial charge in [-0.3, -0.25) is 4.79 Å². The number of alkyl halides is 2. The van der Waals surface area contributed by atoms with Crippen LogP contribution < -0.4 is 5.56 Å². The average Bonchev–Trinajstić information content (AvgIpc) is 2.44. The highest BCUT2D eigenvalue weighted by Crippen LogP contribution is 2.24. The summed E-state index contributed by atoms with van der Waals surface area (Å²) in [5, 5.41) is 0. The first-order valence-corrected chi connectivity index (χ1v) is 6.48. The Morgan fingerprint density at radius 3 is 2.85 bits per heavy atom. The van der Waals surface area contributed by atoms with Crippen molar-refractivity contribution in [2.24, 2.45) is 0 Å². The van der Waals surface area contributed by atoms with Gasteiger partial charge in [-0.15, -0.1) is 0 Å². The molecule has 0 fully saturated rings. The number of ether oxygens (including phenoxy) is 1. The van der Waals surface area contributed by atoms with Crippen molar-refractivity contribution in [2.45, 2.75) is 13.0 Å². The van der Waals surface area contributed by atoms with Crippen LogP contribution in [0.1, 0.15) is 17.7 Å². The molecule has 1 N–H and O–H groups in total. The summed E-state index contributed by atoms with van der Waals surface area (Å²) in [5.41, 5.74) is 0.323. The Morgan fingerprint density at radius 2 is 2.20 bits per heavy atom. The van der Waals surface area contributed by atoms with Gasteiger partial charge in [0.1, 0.15) is 10.3 Å². The Morgan fingerprint density at radius 1 is 1.45 bits per heavy atom. The summed E-state index contributed by atoms with van der Waals surface area (Å²) in [6.45, 7) is 0.145. The third-order valence-corrected chi connectivity index (χ3v) is 3.44. The van der Waals surface area contributed by atoms with Crippen LogP contribution in [0.5, 0.6) is 0 Å². The molecule has 0 spiro atoms. The van der Waals surface area contributed by atoms with E-state index in [9.17, 15) is 13.6 Å². The number of halogens is 3. The molecule has 1 aromatic heterocycles. The summed E-state index contributed by atoms with van der Waals surface area (Å²) >= 11 is 3.12. The quantitative estimate of drug-likeness (QED) is 0.925. The van der Waals surface area contributed by atoms with Gasteiger partial charge in [0.05, 0.1) is 12.3 Å². The zero-order valence-corrected chi connectivity index (χ0v) is 12.1. The molecular formula is C13H11BrF2N2O2. The summed E-state index contributed by atoms with van der Waals surface area (Å²) in [6.07, 6.45) is -2.57. The van der Waals surface area contributed by atoms with Crippen LogP contribution in [0.2, 0.25) is 0 Å². The molecule has 0 aliphatic heterocycles. The summed E-state index contributed by atoms with van der Waals surface area (Å²) in [4.78, 5) is 18.5. The number of aromatic nitrogens is 2. The fourth-order valence-corrected chi connectivity index (χ4v) is 2.00. The van der Waals surface area contributed by atoms with Crippen LogP contribution in [-0.2, 0) is 11.3 Å². The van der Waals surface area contributed by atoms with E-state index in [0.29, 0.717) is 11.3 Å². The predicted molar refractivity (Wildman–Crippen MR) is 73.7 cm³/mol. The van der Waals surface area contributed by atoms with Gasteiger partial charge in [0.25, 0.3) is 12.0 Å². The maximum atomic E-state index is 12.7. The number of aromatic amines is 1. The largest absolute Gasteiger partial charge is 0.378 e. The number of hydrogen-bond acceptors (Lipinski definition) is 3. The zero-order chi connectivity index (χ0) is 14.7. The Balaban J connectivity index is 2.52. The van der Waals surface area contributed by atoms with Crippen molar-refractivity contribution in [1.82, 2.24) is 9.97 Å². The first kappa shape index (κ1) is 14.8. The molecule has 0 unspecified atom stereocenters. The Bertz CT molecular complexity index is 674. The van der Waals surface area contributed by atoms with E-state index >= 15 is 0 Å². The van der Waals surface area contributed by atoms with Gasteiger partial charge >= 0.3 is 0 Å². The Kier molecular flexibility index (Phi) is 4.61. The van der Waals surface area contributed by atoms with Crippen molar-refractivity contribution in [3.63, 3.8) is 0 Å². The summed E-state index contributed by atoms with van der Waals surface area (Å²) < 4.78 is 30.6. The van der Waals surface area contributed by atoms with E-state index in [2.05, 4.69) is 25.9 Å². The van der Waals surface area contributed by atoms with Crippen molar-refractivity contribution < 1.29 is 13.5 Å². The van der Waals surface area contributed by atoms with Crippen molar-refractivity contribution >= 4 is 15.9 Å². The molecule has 0 amide bonds. The van der Waals surface area contributed by atoms with E-state index in [4.69, 9.17) is 4.74 Å². The van der Waals surface area contributed by atoms with Gasteiger partial charge in [-0.25, -0.2) is 13.8 Å². The summed E-state index contributed by atoms with van der Waals surface area (Å²) in [5.74, 6) is 0.229. The normalized spacial score (nSPS) is 11.1. The lowest BCUT2D eigenvalue weighted by molar-refractivity contribution is 0.151. The van der Waals surface area contributed by atoms with Gasteiger partial charge in [-0.05, 0) is 22.0 Å². The molecule has 2 aromatic rings. The van der Waals surface area contributed by atoms with E-state index < -0.39 is 6.43 Å². The molecule has 0 radical (unpaired) electrons. The molecule has 1 aromatic carbocycles. The SMILES string of the molecule is COCc1nc(-c2cccc(C(F)F)c2)[nH]c(=O)c1Br. The molecule has 20 heavy (non-hydrogen) atoms. The molecule has 0 atom stereocenters. The average molecular weight is 345 g/mol. The molecule has 106 valence electrons. The third kappa shape index (κ3) is 3.10. The van der Waals surface area contributed by atoms with Gasteiger partial charge in [0.15, 0.2) is 0 Å². The Labute approximate surface area is 121 Å². The number of nitrogens with zero attached hydrogens (tertiary/aromatic N) is 1. The van der Waals surface area contributed by atoms with Gasteiger partial charge in [-0.1, -0.05) is 18.2 Å². The molecule has 0 saturated carbocycles. The minimum Gasteiger partial charge on any atom is -0.378 e. The molecule has 0 saturated heterocycles. The fraction of sp³-hybridized carbons (Fsp3) is 0.231. The van der Waals surface area contributed by atoms with Crippen LogP contribution in [0, 0.1) is 0 Å². The van der Waals surface area contributed by atoms with E-state index in [0.717, 1.165) is 0 Å². The van der Waals surface area contributed by atoms with E-state index in [-0.39, 0.29) is 28.0 Å². The lowest BCUT2D eigenvalue weighted by atomic mass is 10.1. The number of H-pyrrole nitrogens is 1. The van der Waals surface area contributed by atoms with E-state index in [1.165, 1.54) is 25.3 Å². The second-order valence-corrected chi connectivity index (χ2v) is 4.83. The highest BCUT2D eigenvalue weighted by molar-refractivity contribution is 9.10. The van der Waals surface area contributed by atoms with Crippen molar-refractivity contribution in [1.29, 1.82) is 0 Å². The second kappa shape index (κ2) is 6.23.